The van der Waals surface area contributed by atoms with Gasteiger partial charge in [0.25, 0.3) is 0 Å². The minimum absolute atomic E-state index is 0.0175. The van der Waals surface area contributed by atoms with Crippen molar-refractivity contribution >= 4 is 17.8 Å². The van der Waals surface area contributed by atoms with Crippen LogP contribution in [-0.2, 0) is 20.9 Å². The molecule has 1 aliphatic heterocycles. The fourth-order valence-electron chi connectivity index (χ4n) is 3.27. The molecule has 0 unspecified atom stereocenters. The number of aryl methyl sites for hydroxylation is 1. The molecule has 144 valence electrons. The summed E-state index contributed by atoms with van der Waals surface area (Å²) < 4.78 is 10.3. The molecule has 2 amide bonds. The number of esters is 1. The van der Waals surface area contributed by atoms with Crippen molar-refractivity contribution in [3.05, 3.63) is 23.2 Å². The fourth-order valence-corrected chi connectivity index (χ4v) is 3.27. The predicted octanol–water partition coefficient (Wildman–Crippen LogP) is 2.23. The number of ether oxygens (including phenoxy) is 1. The molecule has 1 aliphatic rings. The van der Waals surface area contributed by atoms with Crippen molar-refractivity contribution in [1.29, 1.82) is 0 Å². The van der Waals surface area contributed by atoms with Gasteiger partial charge in [0.15, 0.2) is 0 Å². The second kappa shape index (κ2) is 8.38. The number of likely N-dealkylation sites (tertiary alicyclic amines) is 1. The topological polar surface area (TPSA) is 80.1 Å². The second-order valence-corrected chi connectivity index (χ2v) is 7.12. The normalized spacial score (nSPS) is 15.2. The first-order valence-corrected chi connectivity index (χ1v) is 8.96. The molecule has 0 bridgehead atoms. The van der Waals surface area contributed by atoms with Crippen LogP contribution in [0.1, 0.15) is 48.6 Å². The Morgan fingerprint density at radius 2 is 1.92 bits per heavy atom. The van der Waals surface area contributed by atoms with Gasteiger partial charge in [-0.3, -0.25) is 9.59 Å². The highest BCUT2D eigenvalue weighted by Crippen LogP contribution is 2.22. The van der Waals surface area contributed by atoms with Crippen LogP contribution in [0.15, 0.2) is 10.5 Å². The molecule has 0 aliphatic carbocycles. The first-order valence-electron chi connectivity index (χ1n) is 8.96. The van der Waals surface area contributed by atoms with Crippen molar-refractivity contribution in [3.63, 3.8) is 0 Å². The highest BCUT2D eigenvalue weighted by atomic mass is 16.5. The molecule has 0 atom stereocenters. The number of hydrogen-bond acceptors (Lipinski definition) is 5. The lowest BCUT2D eigenvalue weighted by Crippen LogP contribution is -2.44. The molecule has 2 rings (SSSR count). The predicted molar refractivity (Wildman–Crippen MR) is 95.4 cm³/mol. The van der Waals surface area contributed by atoms with E-state index in [0.29, 0.717) is 49.6 Å². The summed E-state index contributed by atoms with van der Waals surface area (Å²) in [7, 11) is 3.05. The minimum atomic E-state index is -0.450. The van der Waals surface area contributed by atoms with Gasteiger partial charge in [0, 0.05) is 32.0 Å². The summed E-state index contributed by atoms with van der Waals surface area (Å²) >= 11 is 0. The lowest BCUT2D eigenvalue weighted by atomic mass is 9.94. The standard InChI is InChI=1S/C19H28N2O5/c1-12(2)17(22)21-8-6-14(7-9-21)18(23)20(4)11-15-10-16(13(3)26-15)19(24)25-5/h10,12,14H,6-9,11H2,1-5H3. The Kier molecular flexibility index (Phi) is 6.45. The number of carbonyl (C=O) groups is 3. The molecular weight excluding hydrogens is 336 g/mol. The Morgan fingerprint density at radius 3 is 2.46 bits per heavy atom. The highest BCUT2D eigenvalue weighted by Gasteiger charge is 2.30. The van der Waals surface area contributed by atoms with E-state index in [9.17, 15) is 14.4 Å². The smallest absolute Gasteiger partial charge is 0.341 e. The average Bonchev–Trinajstić information content (AvgIpc) is 2.99. The molecule has 0 N–H and O–H groups in total. The van der Waals surface area contributed by atoms with Gasteiger partial charge in [0.1, 0.15) is 17.1 Å². The molecule has 7 nitrogen and oxygen atoms in total. The van der Waals surface area contributed by atoms with Crippen LogP contribution in [0.2, 0.25) is 0 Å². The van der Waals surface area contributed by atoms with Crippen LogP contribution in [0.5, 0.6) is 0 Å². The summed E-state index contributed by atoms with van der Waals surface area (Å²) in [6.07, 6.45) is 1.35. The van der Waals surface area contributed by atoms with Crippen molar-refractivity contribution in [1.82, 2.24) is 9.80 Å². The summed E-state index contributed by atoms with van der Waals surface area (Å²) in [4.78, 5) is 39.8. The van der Waals surface area contributed by atoms with E-state index in [2.05, 4.69) is 0 Å². The third-order valence-electron chi connectivity index (χ3n) is 4.79. The quantitative estimate of drug-likeness (QED) is 0.749. The van der Waals surface area contributed by atoms with Crippen LogP contribution in [0.3, 0.4) is 0 Å². The minimum Gasteiger partial charge on any atom is -0.465 e. The van der Waals surface area contributed by atoms with Gasteiger partial charge in [0.05, 0.1) is 13.7 Å². The summed E-state index contributed by atoms with van der Waals surface area (Å²) in [6, 6.07) is 1.62. The lowest BCUT2D eigenvalue weighted by Gasteiger charge is -2.34. The maximum Gasteiger partial charge on any atom is 0.341 e. The zero-order chi connectivity index (χ0) is 19.4. The van der Waals surface area contributed by atoms with Crippen LogP contribution in [0.25, 0.3) is 0 Å². The van der Waals surface area contributed by atoms with Crippen LogP contribution < -0.4 is 0 Å². The number of carbonyl (C=O) groups excluding carboxylic acids is 3. The molecule has 1 aromatic heterocycles. The number of rotatable bonds is 5. The number of amides is 2. The molecule has 0 aromatic carbocycles. The van der Waals surface area contributed by atoms with E-state index in [0.717, 1.165) is 0 Å². The molecular formula is C19H28N2O5. The zero-order valence-corrected chi connectivity index (χ0v) is 16.2. The van der Waals surface area contributed by atoms with Crippen molar-refractivity contribution in [2.45, 2.75) is 40.2 Å². The Balaban J connectivity index is 1.92. The summed E-state index contributed by atoms with van der Waals surface area (Å²) in [6.45, 7) is 7.00. The summed E-state index contributed by atoms with van der Waals surface area (Å²) in [5, 5.41) is 0. The number of furan rings is 1. The van der Waals surface area contributed by atoms with Gasteiger partial charge in [-0.2, -0.15) is 0 Å². The number of methoxy groups -OCH3 is 1. The van der Waals surface area contributed by atoms with Crippen molar-refractivity contribution < 1.29 is 23.5 Å². The third kappa shape index (κ3) is 4.45. The van der Waals surface area contributed by atoms with E-state index in [4.69, 9.17) is 9.15 Å². The molecule has 1 saturated heterocycles. The number of piperidine rings is 1. The van der Waals surface area contributed by atoms with Crippen molar-refractivity contribution in [2.24, 2.45) is 11.8 Å². The largest absolute Gasteiger partial charge is 0.465 e. The Labute approximate surface area is 154 Å². The highest BCUT2D eigenvalue weighted by molar-refractivity contribution is 5.90. The van der Waals surface area contributed by atoms with E-state index in [1.165, 1.54) is 7.11 Å². The lowest BCUT2D eigenvalue weighted by molar-refractivity contribution is -0.141. The van der Waals surface area contributed by atoms with Crippen LogP contribution >= 0.6 is 0 Å². The van der Waals surface area contributed by atoms with Gasteiger partial charge in [-0.1, -0.05) is 13.8 Å². The summed E-state index contributed by atoms with van der Waals surface area (Å²) in [5.41, 5.74) is 0.379. The molecule has 26 heavy (non-hydrogen) atoms. The first kappa shape index (κ1) is 20.0. The molecule has 0 saturated carbocycles. The molecule has 2 heterocycles. The van der Waals surface area contributed by atoms with Gasteiger partial charge < -0.3 is 19.0 Å². The zero-order valence-electron chi connectivity index (χ0n) is 16.2. The Bertz CT molecular complexity index is 671. The van der Waals surface area contributed by atoms with Crippen LogP contribution in [-0.4, -0.2) is 54.8 Å². The fraction of sp³-hybridized carbons (Fsp3) is 0.632. The molecule has 0 spiro atoms. The Hall–Kier alpha value is -2.31. The maximum atomic E-state index is 12.7. The second-order valence-electron chi connectivity index (χ2n) is 7.12. The van der Waals surface area contributed by atoms with E-state index < -0.39 is 5.97 Å². The average molecular weight is 364 g/mol. The number of hydrogen-bond donors (Lipinski definition) is 0. The van der Waals surface area contributed by atoms with Crippen molar-refractivity contribution in [2.75, 3.05) is 27.2 Å². The van der Waals surface area contributed by atoms with E-state index in [1.807, 2.05) is 18.7 Å². The summed E-state index contributed by atoms with van der Waals surface area (Å²) in [5.74, 6) is 0.650. The van der Waals surface area contributed by atoms with E-state index in [-0.39, 0.29) is 23.7 Å². The van der Waals surface area contributed by atoms with Gasteiger partial charge in [-0.25, -0.2) is 4.79 Å². The SMILES string of the molecule is COC(=O)c1cc(CN(C)C(=O)C2CCN(C(=O)C(C)C)CC2)oc1C. The maximum absolute atomic E-state index is 12.7. The van der Waals surface area contributed by atoms with Gasteiger partial charge in [-0.05, 0) is 25.8 Å². The van der Waals surface area contributed by atoms with E-state index >= 15 is 0 Å². The van der Waals surface area contributed by atoms with E-state index in [1.54, 1.807) is 24.9 Å². The van der Waals surface area contributed by atoms with Crippen LogP contribution in [0, 0.1) is 18.8 Å². The Morgan fingerprint density at radius 1 is 1.31 bits per heavy atom. The monoisotopic (exact) mass is 364 g/mol. The molecule has 1 aromatic rings. The third-order valence-corrected chi connectivity index (χ3v) is 4.79. The van der Waals surface area contributed by atoms with Crippen molar-refractivity contribution in [3.8, 4) is 0 Å². The van der Waals surface area contributed by atoms with Gasteiger partial charge in [-0.15, -0.1) is 0 Å². The van der Waals surface area contributed by atoms with Crippen LogP contribution in [0.4, 0.5) is 0 Å². The van der Waals surface area contributed by atoms with Gasteiger partial charge in [0.2, 0.25) is 11.8 Å². The molecule has 0 radical (unpaired) electrons. The van der Waals surface area contributed by atoms with Gasteiger partial charge >= 0.3 is 5.97 Å². The first-order chi connectivity index (χ1) is 12.2. The molecule has 1 fully saturated rings. The molecule has 7 heteroatoms. The number of nitrogens with zero attached hydrogens (tertiary/aromatic N) is 2.